The molecule has 0 spiro atoms. The molecule has 0 amide bonds. The zero-order valence-electron chi connectivity index (χ0n) is 8.74. The van der Waals surface area contributed by atoms with Gasteiger partial charge in [-0.25, -0.2) is 9.97 Å². The third-order valence-corrected chi connectivity index (χ3v) is 2.66. The predicted octanol–water partition coefficient (Wildman–Crippen LogP) is 2.48. The Balaban J connectivity index is 2.01. The van der Waals surface area contributed by atoms with Crippen LogP contribution in [-0.2, 0) is 6.54 Å². The van der Waals surface area contributed by atoms with E-state index in [4.69, 9.17) is 0 Å². The first-order chi connectivity index (χ1) is 7.93. The van der Waals surface area contributed by atoms with Crippen LogP contribution in [0.2, 0.25) is 0 Å². The maximum Gasteiger partial charge on any atom is 0.115 e. The Morgan fingerprint density at radius 2 is 2.00 bits per heavy atom. The minimum atomic E-state index is 0.788. The number of nitrogens with zero attached hydrogens (tertiary/aromatic N) is 3. The number of rotatable bonds is 2. The second-order valence-corrected chi connectivity index (χ2v) is 3.70. The molecule has 0 aliphatic rings. The standard InChI is InChI=1S/C13H11N3/c1-2-4-13-11(3-1)6-8-16(13)9-12-5-7-14-10-15-12/h1-8,10H,9H2. The van der Waals surface area contributed by atoms with Crippen LogP contribution in [0.4, 0.5) is 0 Å². The quantitative estimate of drug-likeness (QED) is 0.649. The highest BCUT2D eigenvalue weighted by Crippen LogP contribution is 2.15. The van der Waals surface area contributed by atoms with E-state index in [1.807, 2.05) is 6.07 Å². The smallest absolute Gasteiger partial charge is 0.115 e. The first-order valence-corrected chi connectivity index (χ1v) is 5.22. The van der Waals surface area contributed by atoms with E-state index in [0.29, 0.717) is 0 Å². The largest absolute Gasteiger partial charge is 0.341 e. The van der Waals surface area contributed by atoms with Crippen molar-refractivity contribution in [3.05, 3.63) is 60.8 Å². The lowest BCUT2D eigenvalue weighted by molar-refractivity contribution is 0.801. The normalized spacial score (nSPS) is 10.8. The zero-order chi connectivity index (χ0) is 10.8. The molecule has 0 bridgehead atoms. The fourth-order valence-corrected chi connectivity index (χ4v) is 1.86. The molecule has 0 saturated carbocycles. The van der Waals surface area contributed by atoms with Gasteiger partial charge in [-0.3, -0.25) is 0 Å². The molecule has 1 aromatic carbocycles. The van der Waals surface area contributed by atoms with E-state index in [9.17, 15) is 0 Å². The van der Waals surface area contributed by atoms with Crippen molar-refractivity contribution in [3.63, 3.8) is 0 Å². The van der Waals surface area contributed by atoms with Gasteiger partial charge in [0.05, 0.1) is 12.2 Å². The molecule has 3 aromatic rings. The van der Waals surface area contributed by atoms with Crippen LogP contribution in [0.1, 0.15) is 5.69 Å². The van der Waals surface area contributed by atoms with E-state index in [1.54, 1.807) is 12.5 Å². The van der Waals surface area contributed by atoms with E-state index in [1.165, 1.54) is 10.9 Å². The van der Waals surface area contributed by atoms with Crippen molar-refractivity contribution in [2.24, 2.45) is 0 Å². The Morgan fingerprint density at radius 1 is 1.06 bits per heavy atom. The van der Waals surface area contributed by atoms with Crippen LogP contribution in [-0.4, -0.2) is 14.5 Å². The topological polar surface area (TPSA) is 30.7 Å². The summed E-state index contributed by atoms with van der Waals surface area (Å²) in [6.45, 7) is 0.788. The molecule has 16 heavy (non-hydrogen) atoms. The molecule has 0 aliphatic carbocycles. The van der Waals surface area contributed by atoms with Gasteiger partial charge in [0.1, 0.15) is 6.33 Å². The Hall–Kier alpha value is -2.16. The van der Waals surface area contributed by atoms with Crippen molar-refractivity contribution in [3.8, 4) is 0 Å². The number of fused-ring (bicyclic) bond motifs is 1. The molecule has 3 rings (SSSR count). The average Bonchev–Trinajstić information content (AvgIpc) is 2.74. The third-order valence-electron chi connectivity index (χ3n) is 2.66. The molecular formula is C13H11N3. The van der Waals surface area contributed by atoms with Gasteiger partial charge in [0.15, 0.2) is 0 Å². The maximum absolute atomic E-state index is 4.23. The second-order valence-electron chi connectivity index (χ2n) is 3.70. The van der Waals surface area contributed by atoms with Gasteiger partial charge >= 0.3 is 0 Å². The van der Waals surface area contributed by atoms with Crippen LogP contribution in [0.25, 0.3) is 10.9 Å². The summed E-state index contributed by atoms with van der Waals surface area (Å²) in [5.74, 6) is 0. The van der Waals surface area contributed by atoms with E-state index < -0.39 is 0 Å². The highest BCUT2D eigenvalue weighted by Gasteiger charge is 2.00. The first kappa shape index (κ1) is 9.09. The highest BCUT2D eigenvalue weighted by atomic mass is 15.0. The third kappa shape index (κ3) is 1.56. The number of para-hydroxylation sites is 1. The van der Waals surface area contributed by atoms with Crippen LogP contribution < -0.4 is 0 Å². The van der Waals surface area contributed by atoms with Crippen molar-refractivity contribution in [2.75, 3.05) is 0 Å². The van der Waals surface area contributed by atoms with Crippen molar-refractivity contribution in [2.45, 2.75) is 6.54 Å². The molecule has 2 heterocycles. The van der Waals surface area contributed by atoms with Crippen LogP contribution >= 0.6 is 0 Å². The molecular weight excluding hydrogens is 198 g/mol. The molecule has 0 N–H and O–H groups in total. The van der Waals surface area contributed by atoms with Crippen LogP contribution in [0, 0.1) is 0 Å². The van der Waals surface area contributed by atoms with E-state index in [2.05, 4.69) is 51.1 Å². The first-order valence-electron chi connectivity index (χ1n) is 5.22. The van der Waals surface area contributed by atoms with Gasteiger partial charge in [0, 0.05) is 17.9 Å². The second kappa shape index (κ2) is 3.77. The zero-order valence-corrected chi connectivity index (χ0v) is 8.74. The van der Waals surface area contributed by atoms with Gasteiger partial charge in [-0.1, -0.05) is 18.2 Å². The van der Waals surface area contributed by atoms with Crippen molar-refractivity contribution in [1.29, 1.82) is 0 Å². The average molecular weight is 209 g/mol. The fraction of sp³-hybridized carbons (Fsp3) is 0.0769. The van der Waals surface area contributed by atoms with E-state index in [0.717, 1.165) is 12.2 Å². The monoisotopic (exact) mass is 209 g/mol. The van der Waals surface area contributed by atoms with Gasteiger partial charge in [-0.05, 0) is 23.6 Å². The van der Waals surface area contributed by atoms with Gasteiger partial charge in [-0.15, -0.1) is 0 Å². The predicted molar refractivity (Wildman–Crippen MR) is 63.1 cm³/mol. The summed E-state index contributed by atoms with van der Waals surface area (Å²) in [6.07, 6.45) is 5.45. The summed E-state index contributed by atoms with van der Waals surface area (Å²) in [7, 11) is 0. The fourth-order valence-electron chi connectivity index (χ4n) is 1.86. The van der Waals surface area contributed by atoms with Crippen LogP contribution in [0.5, 0.6) is 0 Å². The molecule has 2 aromatic heterocycles. The molecule has 0 atom stereocenters. The van der Waals surface area contributed by atoms with Gasteiger partial charge in [0.2, 0.25) is 0 Å². The van der Waals surface area contributed by atoms with Crippen molar-refractivity contribution < 1.29 is 0 Å². The highest BCUT2D eigenvalue weighted by molar-refractivity contribution is 5.79. The summed E-state index contributed by atoms with van der Waals surface area (Å²) < 4.78 is 2.19. The molecule has 0 aliphatic heterocycles. The summed E-state index contributed by atoms with van der Waals surface area (Å²) >= 11 is 0. The van der Waals surface area contributed by atoms with E-state index >= 15 is 0 Å². The Morgan fingerprint density at radius 3 is 2.88 bits per heavy atom. The lowest BCUT2D eigenvalue weighted by Crippen LogP contribution is -1.99. The summed E-state index contributed by atoms with van der Waals surface area (Å²) in [6, 6.07) is 12.4. The lowest BCUT2D eigenvalue weighted by Gasteiger charge is -2.03. The maximum atomic E-state index is 4.23. The molecule has 0 fully saturated rings. The van der Waals surface area contributed by atoms with E-state index in [-0.39, 0.29) is 0 Å². The molecule has 3 heteroatoms. The van der Waals surface area contributed by atoms with Gasteiger partial charge in [0.25, 0.3) is 0 Å². The number of benzene rings is 1. The number of hydrogen-bond donors (Lipinski definition) is 0. The number of hydrogen-bond acceptors (Lipinski definition) is 2. The van der Waals surface area contributed by atoms with Gasteiger partial charge in [-0.2, -0.15) is 0 Å². The molecule has 78 valence electrons. The minimum Gasteiger partial charge on any atom is -0.341 e. The Bertz CT molecular complexity index is 599. The molecule has 3 nitrogen and oxygen atoms in total. The minimum absolute atomic E-state index is 0.788. The number of aromatic nitrogens is 3. The summed E-state index contributed by atoms with van der Waals surface area (Å²) in [4.78, 5) is 8.15. The summed E-state index contributed by atoms with van der Waals surface area (Å²) in [5.41, 5.74) is 2.26. The summed E-state index contributed by atoms with van der Waals surface area (Å²) in [5, 5.41) is 1.26. The lowest BCUT2D eigenvalue weighted by atomic mass is 10.2. The molecule has 0 saturated heterocycles. The van der Waals surface area contributed by atoms with Crippen molar-refractivity contribution >= 4 is 10.9 Å². The SMILES string of the molecule is c1ccc2c(c1)ccn2Cc1ccncn1. The van der Waals surface area contributed by atoms with Gasteiger partial charge < -0.3 is 4.57 Å². The molecule has 0 unspecified atom stereocenters. The van der Waals surface area contributed by atoms with Crippen LogP contribution in [0.15, 0.2) is 55.1 Å². The van der Waals surface area contributed by atoms with Crippen molar-refractivity contribution in [1.82, 2.24) is 14.5 Å². The molecule has 0 radical (unpaired) electrons. The Kier molecular flexibility index (Phi) is 2.14. The van der Waals surface area contributed by atoms with Crippen LogP contribution in [0.3, 0.4) is 0 Å². The Labute approximate surface area is 93.4 Å².